The molecule has 5 rings (SSSR count). The Balaban J connectivity index is 0.00000370. The Morgan fingerprint density at radius 3 is 2.35 bits per heavy atom. The number of sulfonamides is 1. The molecule has 13 heteroatoms. The number of hydrogen-bond donors (Lipinski definition) is 3. The molecule has 40 heavy (non-hydrogen) atoms. The van der Waals surface area contributed by atoms with E-state index in [0.717, 1.165) is 28.5 Å². The summed E-state index contributed by atoms with van der Waals surface area (Å²) < 4.78 is 40.4. The fourth-order valence-electron chi connectivity index (χ4n) is 4.03. The van der Waals surface area contributed by atoms with E-state index in [2.05, 4.69) is 25.3 Å². The Morgan fingerprint density at radius 1 is 0.950 bits per heavy atom. The Hall–Kier alpha value is -4.42. The van der Waals surface area contributed by atoms with Gasteiger partial charge in [0.15, 0.2) is 0 Å². The van der Waals surface area contributed by atoms with Gasteiger partial charge in [-0.05, 0) is 66.2 Å². The molecule has 0 unspecified atom stereocenters. The lowest BCUT2D eigenvalue weighted by atomic mass is 10.2. The van der Waals surface area contributed by atoms with Gasteiger partial charge in [0.1, 0.15) is 11.6 Å². The van der Waals surface area contributed by atoms with Crippen LogP contribution in [0.3, 0.4) is 0 Å². The van der Waals surface area contributed by atoms with Gasteiger partial charge in [-0.3, -0.25) is 4.72 Å². The molecule has 0 saturated carbocycles. The number of fused-ring (bicyclic) bond motifs is 1. The average Bonchev–Trinajstić information content (AvgIpc) is 3.23. The molecule has 10 nitrogen and oxygen atoms in total. The predicted molar refractivity (Wildman–Crippen MR) is 160 cm³/mol. The van der Waals surface area contributed by atoms with Crippen LogP contribution in [0, 0.1) is 5.82 Å². The largest absolute Gasteiger partial charge is 0.352 e. The van der Waals surface area contributed by atoms with Crippen molar-refractivity contribution in [2.45, 2.75) is 6.54 Å². The minimum atomic E-state index is -3.34. The molecule has 0 bridgehead atoms. The third-order valence-electron chi connectivity index (χ3n) is 6.04. The zero-order chi connectivity index (χ0) is 27.6. The van der Waals surface area contributed by atoms with Crippen LogP contribution >= 0.6 is 12.4 Å². The van der Waals surface area contributed by atoms with Gasteiger partial charge in [0.25, 0.3) is 0 Å². The molecule has 2 aromatic heterocycles. The predicted octanol–water partition coefficient (Wildman–Crippen LogP) is 5.42. The summed E-state index contributed by atoms with van der Waals surface area (Å²) in [6, 6.07) is 21.0. The highest BCUT2D eigenvalue weighted by molar-refractivity contribution is 7.92. The summed E-state index contributed by atoms with van der Waals surface area (Å²) in [6.07, 6.45) is 2.77. The minimum Gasteiger partial charge on any atom is -0.352 e. The molecule has 0 saturated heterocycles. The topological polar surface area (TPSA) is 117 Å². The molecule has 0 atom stereocenters. The van der Waals surface area contributed by atoms with E-state index in [1.807, 2.05) is 47.8 Å². The number of hydrogen-bond acceptors (Lipinski definition) is 8. The molecule has 0 spiro atoms. The summed E-state index contributed by atoms with van der Waals surface area (Å²) in [5, 5.41) is 6.46. The van der Waals surface area contributed by atoms with Crippen molar-refractivity contribution >= 4 is 68.2 Å². The van der Waals surface area contributed by atoms with E-state index < -0.39 is 10.0 Å². The number of halogens is 2. The number of benzene rings is 3. The first-order valence-electron chi connectivity index (χ1n) is 12.0. The maximum Gasteiger partial charge on any atom is 0.229 e. The van der Waals surface area contributed by atoms with Gasteiger partial charge in [0.05, 0.1) is 17.3 Å². The van der Waals surface area contributed by atoms with Crippen LogP contribution in [0.5, 0.6) is 0 Å². The summed E-state index contributed by atoms with van der Waals surface area (Å²) >= 11 is 0. The van der Waals surface area contributed by atoms with E-state index in [1.165, 1.54) is 12.1 Å². The zero-order valence-corrected chi connectivity index (χ0v) is 23.6. The Morgan fingerprint density at radius 2 is 1.65 bits per heavy atom. The van der Waals surface area contributed by atoms with Gasteiger partial charge in [-0.1, -0.05) is 12.1 Å². The van der Waals surface area contributed by atoms with E-state index in [4.69, 9.17) is 4.98 Å². The first kappa shape index (κ1) is 28.6. The highest BCUT2D eigenvalue weighted by atomic mass is 35.5. The molecule has 0 aliphatic rings. The van der Waals surface area contributed by atoms with Crippen molar-refractivity contribution in [3.8, 4) is 0 Å². The van der Waals surface area contributed by atoms with Crippen LogP contribution in [0.25, 0.3) is 11.0 Å². The zero-order valence-electron chi connectivity index (χ0n) is 22.0. The lowest BCUT2D eigenvalue weighted by molar-refractivity contribution is 0.607. The minimum absolute atomic E-state index is 0. The van der Waals surface area contributed by atoms with Gasteiger partial charge in [0, 0.05) is 43.9 Å². The molecular weight excluding hydrogens is 555 g/mol. The Labute approximate surface area is 237 Å². The van der Waals surface area contributed by atoms with Crippen LogP contribution in [0.4, 0.5) is 39.2 Å². The van der Waals surface area contributed by atoms with Crippen LogP contribution in [0.15, 0.2) is 79.0 Å². The van der Waals surface area contributed by atoms with Gasteiger partial charge in [-0.25, -0.2) is 22.8 Å². The monoisotopic (exact) mass is 582 g/mol. The molecule has 208 valence electrons. The third kappa shape index (κ3) is 6.77. The third-order valence-corrected chi connectivity index (χ3v) is 6.65. The SMILES string of the molecule is CN(c1ccc2c(c1)nc(NCc1ccc(F)cc1)n2C)c1ccnc(Nc2ccc(NS(C)(=O)=O)cc2)n1.Cl. The van der Waals surface area contributed by atoms with Crippen LogP contribution in [0.1, 0.15) is 5.56 Å². The molecule has 0 amide bonds. The van der Waals surface area contributed by atoms with Gasteiger partial charge < -0.3 is 20.1 Å². The van der Waals surface area contributed by atoms with Gasteiger partial charge in [0.2, 0.25) is 21.9 Å². The number of aromatic nitrogens is 4. The first-order valence-corrected chi connectivity index (χ1v) is 13.9. The molecule has 0 aliphatic heterocycles. The second kappa shape index (κ2) is 11.8. The number of nitrogens with zero attached hydrogens (tertiary/aromatic N) is 5. The Kier molecular flexibility index (Phi) is 8.40. The molecule has 3 aromatic carbocycles. The van der Waals surface area contributed by atoms with Crippen LogP contribution < -0.4 is 20.3 Å². The van der Waals surface area contributed by atoms with Crippen molar-refractivity contribution in [3.05, 3.63) is 90.4 Å². The number of anilines is 6. The molecule has 0 aliphatic carbocycles. The van der Waals surface area contributed by atoms with Gasteiger partial charge in [-0.2, -0.15) is 4.98 Å². The lowest BCUT2D eigenvalue weighted by Crippen LogP contribution is -2.12. The summed E-state index contributed by atoms with van der Waals surface area (Å²) in [4.78, 5) is 15.6. The van der Waals surface area contributed by atoms with Crippen molar-refractivity contribution in [3.63, 3.8) is 0 Å². The first-order chi connectivity index (χ1) is 18.6. The molecule has 3 N–H and O–H groups in total. The number of nitrogens with one attached hydrogen (secondary N) is 3. The van der Waals surface area contributed by atoms with E-state index in [1.54, 1.807) is 42.6 Å². The van der Waals surface area contributed by atoms with Crippen molar-refractivity contribution in [2.24, 2.45) is 7.05 Å². The molecular formula is C27H28ClFN8O2S. The molecule has 0 radical (unpaired) electrons. The van der Waals surface area contributed by atoms with Crippen molar-refractivity contribution in [1.29, 1.82) is 0 Å². The second-order valence-electron chi connectivity index (χ2n) is 9.02. The van der Waals surface area contributed by atoms with Crippen LogP contribution in [-0.2, 0) is 23.6 Å². The lowest BCUT2D eigenvalue weighted by Gasteiger charge is -2.19. The average molecular weight is 583 g/mol. The summed E-state index contributed by atoms with van der Waals surface area (Å²) in [5.41, 5.74) is 4.82. The van der Waals surface area contributed by atoms with E-state index in [-0.39, 0.29) is 18.2 Å². The van der Waals surface area contributed by atoms with Crippen molar-refractivity contribution in [1.82, 2.24) is 19.5 Å². The maximum atomic E-state index is 13.2. The van der Waals surface area contributed by atoms with E-state index >= 15 is 0 Å². The second-order valence-corrected chi connectivity index (χ2v) is 10.8. The Bertz CT molecular complexity index is 1730. The molecule has 5 aromatic rings. The number of aryl methyl sites for hydroxylation is 1. The fraction of sp³-hybridized carbons (Fsp3) is 0.148. The van der Waals surface area contributed by atoms with Crippen LogP contribution in [0.2, 0.25) is 0 Å². The van der Waals surface area contributed by atoms with E-state index in [9.17, 15) is 12.8 Å². The van der Waals surface area contributed by atoms with Gasteiger partial charge in [-0.15, -0.1) is 12.4 Å². The highest BCUT2D eigenvalue weighted by Gasteiger charge is 2.13. The van der Waals surface area contributed by atoms with Crippen LogP contribution in [-0.4, -0.2) is 41.2 Å². The van der Waals surface area contributed by atoms with E-state index in [0.29, 0.717) is 35.6 Å². The molecule has 0 fully saturated rings. The smallest absolute Gasteiger partial charge is 0.229 e. The quantitative estimate of drug-likeness (QED) is 0.211. The number of imidazole rings is 1. The van der Waals surface area contributed by atoms with Gasteiger partial charge >= 0.3 is 0 Å². The van der Waals surface area contributed by atoms with Crippen molar-refractivity contribution in [2.75, 3.05) is 33.6 Å². The highest BCUT2D eigenvalue weighted by Crippen LogP contribution is 2.28. The summed E-state index contributed by atoms with van der Waals surface area (Å²) in [7, 11) is 0.512. The standard InChI is InChI=1S/C27H27FN8O2S.ClH/c1-35(25-14-15-29-26(33-25)31-20-8-10-21(11-9-20)34-39(3,37)38)22-12-13-24-23(16-22)32-27(36(24)2)30-17-18-4-6-19(28)7-5-18;/h4-16,34H,17H2,1-3H3,(H,30,32)(H,29,31,33);1H. The normalized spacial score (nSPS) is 11.1. The fourth-order valence-corrected chi connectivity index (χ4v) is 4.60. The summed E-state index contributed by atoms with van der Waals surface area (Å²) in [5.74, 6) is 1.52. The maximum absolute atomic E-state index is 13.2. The molecule has 2 heterocycles. The summed E-state index contributed by atoms with van der Waals surface area (Å²) in [6.45, 7) is 0.526. The van der Waals surface area contributed by atoms with Crippen molar-refractivity contribution < 1.29 is 12.8 Å². The number of rotatable bonds is 9.